The zero-order valence-electron chi connectivity index (χ0n) is 12.9. The molecule has 1 fully saturated rings. The highest BCUT2D eigenvalue weighted by Crippen LogP contribution is 2.32. The van der Waals surface area contributed by atoms with Gasteiger partial charge in [0.25, 0.3) is 5.56 Å². The summed E-state index contributed by atoms with van der Waals surface area (Å²) in [6.07, 6.45) is 1.59. The number of rotatable bonds is 4. The van der Waals surface area contributed by atoms with Crippen molar-refractivity contribution in [3.05, 3.63) is 55.5 Å². The van der Waals surface area contributed by atoms with Gasteiger partial charge in [-0.3, -0.25) is 18.7 Å². The molecule has 1 amide bonds. The standard InChI is InChI=1S/C16H13ClN4O3S/c17-9-1-3-10(4-2-9)18-13(22)7-20-12-8-25-19-14(12)15(23)21(16(20)24)11-5-6-11/h1-4,8,11H,5-7H2,(H,18,22). The van der Waals surface area contributed by atoms with Crippen molar-refractivity contribution < 1.29 is 4.79 Å². The van der Waals surface area contributed by atoms with Crippen molar-refractivity contribution in [3.63, 3.8) is 0 Å². The van der Waals surface area contributed by atoms with Crippen LogP contribution in [0.25, 0.3) is 11.0 Å². The Kier molecular flexibility index (Phi) is 3.93. The molecule has 128 valence electrons. The highest BCUT2D eigenvalue weighted by atomic mass is 35.5. The topological polar surface area (TPSA) is 86.0 Å². The summed E-state index contributed by atoms with van der Waals surface area (Å²) in [7, 11) is 0. The smallest absolute Gasteiger partial charge is 0.325 e. The number of carbonyl (C=O) groups is 1. The first-order chi connectivity index (χ1) is 12.0. The minimum absolute atomic E-state index is 0.0864. The number of carbonyl (C=O) groups excluding carboxylic acids is 1. The van der Waals surface area contributed by atoms with Gasteiger partial charge in [0.2, 0.25) is 5.91 Å². The van der Waals surface area contributed by atoms with Crippen molar-refractivity contribution in [2.45, 2.75) is 25.4 Å². The lowest BCUT2D eigenvalue weighted by molar-refractivity contribution is -0.116. The largest absolute Gasteiger partial charge is 0.332 e. The van der Waals surface area contributed by atoms with Gasteiger partial charge in [-0.05, 0) is 48.6 Å². The molecule has 1 aromatic carbocycles. The summed E-state index contributed by atoms with van der Waals surface area (Å²) in [6.45, 7) is -0.191. The maximum Gasteiger partial charge on any atom is 0.332 e. The summed E-state index contributed by atoms with van der Waals surface area (Å²) in [6, 6.07) is 6.60. The average molecular weight is 377 g/mol. The quantitative estimate of drug-likeness (QED) is 0.756. The van der Waals surface area contributed by atoms with Crippen LogP contribution in [0.3, 0.4) is 0 Å². The van der Waals surface area contributed by atoms with Gasteiger partial charge in [-0.15, -0.1) is 0 Å². The highest BCUT2D eigenvalue weighted by molar-refractivity contribution is 7.04. The molecule has 0 spiro atoms. The van der Waals surface area contributed by atoms with E-state index in [2.05, 4.69) is 9.69 Å². The van der Waals surface area contributed by atoms with Gasteiger partial charge in [0.15, 0.2) is 5.52 Å². The van der Waals surface area contributed by atoms with E-state index in [4.69, 9.17) is 11.6 Å². The molecular weight excluding hydrogens is 364 g/mol. The molecule has 3 aromatic rings. The van der Waals surface area contributed by atoms with Crippen LogP contribution in [0.4, 0.5) is 5.69 Å². The van der Waals surface area contributed by atoms with Crippen LogP contribution in [-0.2, 0) is 11.3 Å². The number of halogens is 1. The molecule has 9 heteroatoms. The molecular formula is C16H13ClN4O3S. The van der Waals surface area contributed by atoms with Gasteiger partial charge in [0, 0.05) is 22.1 Å². The SMILES string of the molecule is O=C(Cn1c(=O)n(C2CC2)c(=O)c2nscc21)Nc1ccc(Cl)cc1. The maximum atomic E-state index is 12.7. The maximum absolute atomic E-state index is 12.7. The lowest BCUT2D eigenvalue weighted by Crippen LogP contribution is -2.41. The fourth-order valence-corrected chi connectivity index (χ4v) is 3.48. The number of hydrogen-bond donors (Lipinski definition) is 1. The third-order valence-corrected chi connectivity index (χ3v) is 4.91. The van der Waals surface area contributed by atoms with Crippen molar-refractivity contribution in [1.29, 1.82) is 0 Å². The number of hydrogen-bond acceptors (Lipinski definition) is 5. The van der Waals surface area contributed by atoms with E-state index < -0.39 is 5.69 Å². The lowest BCUT2D eigenvalue weighted by Gasteiger charge is -2.11. The van der Waals surface area contributed by atoms with Gasteiger partial charge < -0.3 is 5.32 Å². The Morgan fingerprint density at radius 1 is 1.28 bits per heavy atom. The lowest BCUT2D eigenvalue weighted by atomic mass is 10.3. The number of anilines is 1. The van der Waals surface area contributed by atoms with Crippen LogP contribution in [0.1, 0.15) is 18.9 Å². The van der Waals surface area contributed by atoms with Crippen molar-refractivity contribution in [2.24, 2.45) is 0 Å². The zero-order chi connectivity index (χ0) is 17.6. The van der Waals surface area contributed by atoms with Crippen LogP contribution in [0, 0.1) is 0 Å². The van der Waals surface area contributed by atoms with Crippen LogP contribution in [0.5, 0.6) is 0 Å². The van der Waals surface area contributed by atoms with Crippen LogP contribution >= 0.6 is 23.1 Å². The van der Waals surface area contributed by atoms with Crippen LogP contribution < -0.4 is 16.6 Å². The predicted molar refractivity (Wildman–Crippen MR) is 96.5 cm³/mol. The molecule has 0 atom stereocenters. The zero-order valence-corrected chi connectivity index (χ0v) is 14.5. The number of amides is 1. The summed E-state index contributed by atoms with van der Waals surface area (Å²) in [5.41, 5.74) is 0.362. The number of nitrogens with one attached hydrogen (secondary N) is 1. The Balaban J connectivity index is 1.70. The van der Waals surface area contributed by atoms with Crippen molar-refractivity contribution in [2.75, 3.05) is 5.32 Å². The van der Waals surface area contributed by atoms with E-state index in [-0.39, 0.29) is 29.6 Å². The summed E-state index contributed by atoms with van der Waals surface area (Å²) in [5.74, 6) is -0.363. The Morgan fingerprint density at radius 2 is 2.00 bits per heavy atom. The molecule has 0 bridgehead atoms. The number of aromatic nitrogens is 3. The van der Waals surface area contributed by atoms with Crippen LogP contribution in [-0.4, -0.2) is 19.4 Å². The van der Waals surface area contributed by atoms with E-state index in [1.807, 2.05) is 0 Å². The van der Waals surface area contributed by atoms with E-state index in [0.717, 1.165) is 24.4 Å². The number of fused-ring (bicyclic) bond motifs is 1. The normalized spacial score (nSPS) is 14.0. The molecule has 25 heavy (non-hydrogen) atoms. The predicted octanol–water partition coefficient (Wildman–Crippen LogP) is 2.25. The third kappa shape index (κ3) is 2.98. The van der Waals surface area contributed by atoms with Gasteiger partial charge in [-0.1, -0.05) is 11.6 Å². The first kappa shape index (κ1) is 16.0. The molecule has 2 aromatic heterocycles. The van der Waals surface area contributed by atoms with E-state index in [1.165, 1.54) is 9.13 Å². The minimum Gasteiger partial charge on any atom is -0.325 e. The molecule has 0 aliphatic heterocycles. The molecule has 0 unspecified atom stereocenters. The molecule has 4 rings (SSSR count). The van der Waals surface area contributed by atoms with Gasteiger partial charge in [0.1, 0.15) is 6.54 Å². The summed E-state index contributed by atoms with van der Waals surface area (Å²) >= 11 is 6.92. The van der Waals surface area contributed by atoms with Gasteiger partial charge in [0.05, 0.1) is 5.52 Å². The molecule has 7 nitrogen and oxygen atoms in total. The summed E-state index contributed by atoms with van der Waals surface area (Å²) < 4.78 is 6.62. The minimum atomic E-state index is -0.466. The number of benzene rings is 1. The van der Waals surface area contributed by atoms with Crippen LogP contribution in [0.15, 0.2) is 39.2 Å². The van der Waals surface area contributed by atoms with Crippen molar-refractivity contribution in [1.82, 2.24) is 13.5 Å². The summed E-state index contributed by atoms with van der Waals surface area (Å²) in [5, 5.41) is 4.90. The van der Waals surface area contributed by atoms with Gasteiger partial charge in [-0.25, -0.2) is 4.79 Å². The van der Waals surface area contributed by atoms with E-state index in [0.29, 0.717) is 16.2 Å². The van der Waals surface area contributed by atoms with E-state index in [9.17, 15) is 14.4 Å². The van der Waals surface area contributed by atoms with E-state index in [1.54, 1.807) is 29.6 Å². The molecule has 1 aliphatic carbocycles. The second-order valence-corrected chi connectivity index (χ2v) is 6.94. The number of nitrogens with zero attached hydrogens (tertiary/aromatic N) is 3. The molecule has 1 N–H and O–H groups in total. The van der Waals surface area contributed by atoms with Crippen molar-refractivity contribution >= 4 is 45.8 Å². The highest BCUT2D eigenvalue weighted by Gasteiger charge is 2.29. The molecule has 0 radical (unpaired) electrons. The fraction of sp³-hybridized carbons (Fsp3) is 0.250. The Hall–Kier alpha value is -2.45. The summed E-state index contributed by atoms with van der Waals surface area (Å²) in [4.78, 5) is 37.5. The first-order valence-corrected chi connectivity index (χ1v) is 8.91. The van der Waals surface area contributed by atoms with Gasteiger partial charge in [-0.2, -0.15) is 4.37 Å². The van der Waals surface area contributed by atoms with Gasteiger partial charge >= 0.3 is 5.69 Å². The Bertz CT molecular complexity index is 1080. The Morgan fingerprint density at radius 3 is 2.68 bits per heavy atom. The monoisotopic (exact) mass is 376 g/mol. The van der Waals surface area contributed by atoms with Crippen molar-refractivity contribution in [3.8, 4) is 0 Å². The molecule has 1 saturated carbocycles. The third-order valence-electron chi connectivity index (χ3n) is 4.04. The Labute approximate surface area is 150 Å². The second-order valence-electron chi connectivity index (χ2n) is 5.88. The molecule has 2 heterocycles. The average Bonchev–Trinajstić information content (AvgIpc) is 3.29. The second kappa shape index (κ2) is 6.12. The molecule has 0 saturated heterocycles. The first-order valence-electron chi connectivity index (χ1n) is 7.69. The molecule has 1 aliphatic rings. The van der Waals surface area contributed by atoms with Crippen LogP contribution in [0.2, 0.25) is 5.02 Å². The fourth-order valence-electron chi connectivity index (χ4n) is 2.69. The van der Waals surface area contributed by atoms with E-state index >= 15 is 0 Å².